The second-order valence-corrected chi connectivity index (χ2v) is 7.97. The van der Waals surface area contributed by atoms with Gasteiger partial charge in [-0.25, -0.2) is 4.98 Å². The van der Waals surface area contributed by atoms with E-state index in [0.717, 1.165) is 56.3 Å². The zero-order valence-corrected chi connectivity index (χ0v) is 20.4. The number of imidazole rings is 1. The number of nitrogens with one attached hydrogen (secondary N) is 1. The van der Waals surface area contributed by atoms with Gasteiger partial charge in [0.15, 0.2) is 5.96 Å². The van der Waals surface area contributed by atoms with Crippen molar-refractivity contribution in [1.82, 2.24) is 29.4 Å². The van der Waals surface area contributed by atoms with Crippen molar-refractivity contribution in [2.75, 3.05) is 26.2 Å². The number of guanidine groups is 1. The molecule has 4 rings (SSSR count). The maximum absolute atomic E-state index is 4.89. The van der Waals surface area contributed by atoms with Crippen LogP contribution in [0, 0.1) is 12.8 Å². The maximum Gasteiger partial charge on any atom is 0.193 e. The number of hydrogen-bond donors (Lipinski definition) is 1. The molecule has 3 aromatic rings. The Morgan fingerprint density at radius 3 is 2.93 bits per heavy atom. The predicted octanol–water partition coefficient (Wildman–Crippen LogP) is 3.07. The third kappa shape index (κ3) is 5.33. The first-order chi connectivity index (χ1) is 14.1. The lowest BCUT2D eigenvalue weighted by Gasteiger charge is -2.21. The van der Waals surface area contributed by atoms with Gasteiger partial charge in [0.25, 0.3) is 0 Å². The highest BCUT2D eigenvalue weighted by Gasteiger charge is 2.25. The van der Waals surface area contributed by atoms with Gasteiger partial charge in [-0.3, -0.25) is 9.67 Å². The minimum Gasteiger partial charge on any atom is -0.357 e. The normalized spacial score (nSPS) is 16.8. The molecule has 8 heteroatoms. The Labute approximate surface area is 195 Å². The average molecular weight is 521 g/mol. The van der Waals surface area contributed by atoms with E-state index in [-0.39, 0.29) is 24.0 Å². The number of aliphatic imine (C=N–C) groups is 1. The maximum atomic E-state index is 4.89. The molecule has 0 spiro atoms. The lowest BCUT2D eigenvalue weighted by molar-refractivity contribution is 0.460. The van der Waals surface area contributed by atoms with E-state index in [2.05, 4.69) is 64.3 Å². The van der Waals surface area contributed by atoms with Gasteiger partial charge in [-0.1, -0.05) is 6.07 Å². The van der Waals surface area contributed by atoms with Gasteiger partial charge in [-0.05, 0) is 49.8 Å². The van der Waals surface area contributed by atoms with E-state index in [0.29, 0.717) is 5.92 Å². The second-order valence-electron chi connectivity index (χ2n) is 7.97. The van der Waals surface area contributed by atoms with Crippen LogP contribution in [-0.2, 0) is 19.9 Å². The van der Waals surface area contributed by atoms with E-state index >= 15 is 0 Å². The zero-order valence-electron chi connectivity index (χ0n) is 18.1. The van der Waals surface area contributed by atoms with E-state index in [1.807, 2.05) is 17.9 Å². The SMILES string of the molecule is CCNC(=NCCc1cn2cccc(C)c2n1)N1CCC(Cc2cnn(C)c2)C1.I. The molecule has 1 N–H and O–H groups in total. The summed E-state index contributed by atoms with van der Waals surface area (Å²) in [6.07, 6.45) is 11.4. The monoisotopic (exact) mass is 521 g/mol. The Balaban J connectivity index is 0.00000256. The molecule has 0 radical (unpaired) electrons. The molecule has 0 aromatic carbocycles. The van der Waals surface area contributed by atoms with Crippen molar-refractivity contribution in [2.24, 2.45) is 18.0 Å². The molecule has 0 amide bonds. The number of aryl methyl sites for hydroxylation is 2. The molecule has 0 aliphatic carbocycles. The highest BCUT2D eigenvalue weighted by molar-refractivity contribution is 14.0. The summed E-state index contributed by atoms with van der Waals surface area (Å²) in [6.45, 7) is 7.97. The van der Waals surface area contributed by atoms with E-state index in [4.69, 9.17) is 9.98 Å². The summed E-state index contributed by atoms with van der Waals surface area (Å²) in [7, 11) is 1.98. The summed E-state index contributed by atoms with van der Waals surface area (Å²) in [6, 6.07) is 4.16. The molecular weight excluding hydrogens is 489 g/mol. The summed E-state index contributed by atoms with van der Waals surface area (Å²) in [5.74, 6) is 1.69. The second kappa shape index (κ2) is 10.3. The van der Waals surface area contributed by atoms with E-state index in [9.17, 15) is 0 Å². The van der Waals surface area contributed by atoms with Crippen molar-refractivity contribution in [1.29, 1.82) is 0 Å². The fraction of sp³-hybridized carbons (Fsp3) is 0.500. The fourth-order valence-corrected chi connectivity index (χ4v) is 4.13. The number of halogens is 1. The topological polar surface area (TPSA) is 62.8 Å². The molecule has 0 saturated carbocycles. The molecule has 30 heavy (non-hydrogen) atoms. The highest BCUT2D eigenvalue weighted by atomic mass is 127. The van der Waals surface area contributed by atoms with Gasteiger partial charge in [0.05, 0.1) is 11.9 Å². The third-order valence-electron chi connectivity index (χ3n) is 5.56. The molecule has 4 heterocycles. The largest absolute Gasteiger partial charge is 0.357 e. The molecule has 1 aliphatic heterocycles. The number of pyridine rings is 1. The van der Waals surface area contributed by atoms with E-state index in [1.54, 1.807) is 0 Å². The molecular formula is C22H32IN7. The van der Waals surface area contributed by atoms with Crippen LogP contribution < -0.4 is 5.32 Å². The molecule has 7 nitrogen and oxygen atoms in total. The molecule has 1 aliphatic rings. The van der Waals surface area contributed by atoms with Crippen molar-refractivity contribution in [2.45, 2.75) is 33.1 Å². The number of rotatable bonds is 6. The van der Waals surface area contributed by atoms with Gasteiger partial charge in [0.2, 0.25) is 0 Å². The van der Waals surface area contributed by atoms with Gasteiger partial charge in [0.1, 0.15) is 5.65 Å². The van der Waals surface area contributed by atoms with Crippen molar-refractivity contribution in [3.05, 3.63) is 53.7 Å². The van der Waals surface area contributed by atoms with Crippen LogP contribution in [0.4, 0.5) is 0 Å². The number of fused-ring (bicyclic) bond motifs is 1. The molecule has 1 saturated heterocycles. The number of aromatic nitrogens is 4. The Kier molecular flexibility index (Phi) is 7.74. The van der Waals surface area contributed by atoms with E-state index in [1.165, 1.54) is 17.5 Å². The average Bonchev–Trinajstić information content (AvgIpc) is 3.42. The Morgan fingerprint density at radius 2 is 2.20 bits per heavy atom. The number of likely N-dealkylation sites (tertiary alicyclic amines) is 1. The van der Waals surface area contributed by atoms with E-state index < -0.39 is 0 Å². The first kappa shape index (κ1) is 22.6. The lowest BCUT2D eigenvalue weighted by atomic mass is 10.0. The summed E-state index contributed by atoms with van der Waals surface area (Å²) >= 11 is 0. The molecule has 1 unspecified atom stereocenters. The van der Waals surface area contributed by atoms with Gasteiger partial charge in [0, 0.05) is 58.2 Å². The van der Waals surface area contributed by atoms with Crippen LogP contribution >= 0.6 is 24.0 Å². The van der Waals surface area contributed by atoms with Gasteiger partial charge in [-0.15, -0.1) is 24.0 Å². The third-order valence-corrected chi connectivity index (χ3v) is 5.56. The summed E-state index contributed by atoms with van der Waals surface area (Å²) in [5, 5.41) is 7.76. The zero-order chi connectivity index (χ0) is 20.2. The van der Waals surface area contributed by atoms with Crippen LogP contribution in [0.3, 0.4) is 0 Å². The van der Waals surface area contributed by atoms with Crippen LogP contribution in [0.1, 0.15) is 30.2 Å². The van der Waals surface area contributed by atoms with Crippen LogP contribution in [0.15, 0.2) is 41.9 Å². The van der Waals surface area contributed by atoms with Crippen molar-refractivity contribution < 1.29 is 0 Å². The van der Waals surface area contributed by atoms with Crippen LogP contribution in [0.5, 0.6) is 0 Å². The van der Waals surface area contributed by atoms with Gasteiger partial charge >= 0.3 is 0 Å². The van der Waals surface area contributed by atoms with Crippen molar-refractivity contribution >= 4 is 35.6 Å². The summed E-state index contributed by atoms with van der Waals surface area (Å²) < 4.78 is 3.98. The predicted molar refractivity (Wildman–Crippen MR) is 132 cm³/mol. The van der Waals surface area contributed by atoms with Gasteiger partial charge in [-0.2, -0.15) is 5.10 Å². The summed E-state index contributed by atoms with van der Waals surface area (Å²) in [4.78, 5) is 12.1. The quantitative estimate of drug-likeness (QED) is 0.308. The van der Waals surface area contributed by atoms with Crippen LogP contribution in [0.25, 0.3) is 5.65 Å². The highest BCUT2D eigenvalue weighted by Crippen LogP contribution is 2.20. The standard InChI is InChI=1S/C22H31N7.HI/c1-4-23-22(29-11-8-18(15-29)12-19-13-25-27(3)14-19)24-9-7-20-16-28-10-5-6-17(2)21(28)26-20;/h5-6,10,13-14,16,18H,4,7-9,11-12,15H2,1-3H3,(H,23,24);1H. The molecule has 1 atom stereocenters. The molecule has 3 aromatic heterocycles. The van der Waals surface area contributed by atoms with Crippen molar-refractivity contribution in [3.8, 4) is 0 Å². The molecule has 1 fully saturated rings. The smallest absolute Gasteiger partial charge is 0.193 e. The Morgan fingerprint density at radius 1 is 1.33 bits per heavy atom. The minimum absolute atomic E-state index is 0. The lowest BCUT2D eigenvalue weighted by Crippen LogP contribution is -2.40. The fourth-order valence-electron chi connectivity index (χ4n) is 4.13. The van der Waals surface area contributed by atoms with Gasteiger partial charge < -0.3 is 14.6 Å². The first-order valence-corrected chi connectivity index (χ1v) is 10.6. The first-order valence-electron chi connectivity index (χ1n) is 10.6. The van der Waals surface area contributed by atoms with Crippen molar-refractivity contribution in [3.63, 3.8) is 0 Å². The Bertz CT molecular complexity index is 990. The van der Waals surface area contributed by atoms with Crippen LogP contribution in [0.2, 0.25) is 0 Å². The number of nitrogens with zero attached hydrogens (tertiary/aromatic N) is 6. The number of hydrogen-bond acceptors (Lipinski definition) is 3. The Hall–Kier alpha value is -2.10. The molecule has 162 valence electrons. The van der Waals surface area contributed by atoms with Crippen LogP contribution in [-0.4, -0.2) is 56.2 Å². The molecule has 0 bridgehead atoms. The minimum atomic E-state index is 0. The summed E-state index contributed by atoms with van der Waals surface area (Å²) in [5.41, 5.74) is 4.65.